The molecule has 2 fully saturated rings. The Kier molecular flexibility index (Phi) is 36.9. The molecule has 0 bridgehead atoms. The van der Waals surface area contributed by atoms with Gasteiger partial charge in [-0.2, -0.15) is 0 Å². The fourth-order valence-electron chi connectivity index (χ4n) is 10.4. The summed E-state index contributed by atoms with van der Waals surface area (Å²) < 4.78 is 24.8. The van der Waals surface area contributed by atoms with Crippen LogP contribution in [-0.2, 0) is 28.5 Å². The van der Waals surface area contributed by atoms with E-state index in [0.29, 0.717) is 37.9 Å². The zero-order valence-electron chi connectivity index (χ0n) is 42.1. The summed E-state index contributed by atoms with van der Waals surface area (Å²) in [6.45, 7) is 11.0. The molecule has 0 aromatic heterocycles. The van der Waals surface area contributed by atoms with E-state index in [1.165, 1.54) is 212 Å². The molecule has 0 aromatic rings. The first-order valence-corrected chi connectivity index (χ1v) is 28.1. The second-order valence-electron chi connectivity index (χ2n) is 20.4. The van der Waals surface area contributed by atoms with Crippen molar-refractivity contribution in [3.05, 3.63) is 0 Å². The zero-order chi connectivity index (χ0) is 44.6. The molecule has 0 amide bonds. The van der Waals surface area contributed by atoms with Gasteiger partial charge in [-0.25, -0.2) is 0 Å². The van der Waals surface area contributed by atoms with Crippen molar-refractivity contribution in [2.24, 2.45) is 17.8 Å². The number of unbranched alkanes of at least 4 members (excludes halogenated alkanes) is 21. The van der Waals surface area contributed by atoms with Gasteiger partial charge >= 0.3 is 11.9 Å². The molecular weight excluding hydrogens is 769 g/mol. The molecule has 1 saturated carbocycles. The SMILES string of the molecule is CCCCCC(CCCCC)CC(=O)OCCCCCCCCCC1(CCCCCCCCCOC(=O)CC(CCCCC)CCCCC)OCC(CCCCC2CCCC2)O1. The van der Waals surface area contributed by atoms with Gasteiger partial charge in [-0.1, -0.05) is 214 Å². The fourth-order valence-corrected chi connectivity index (χ4v) is 10.4. The van der Waals surface area contributed by atoms with Crippen molar-refractivity contribution in [2.75, 3.05) is 19.8 Å². The fraction of sp³-hybridized carbons (Fsp3) is 0.964. The maximum atomic E-state index is 12.6. The van der Waals surface area contributed by atoms with Crippen LogP contribution >= 0.6 is 0 Å². The molecule has 1 saturated heterocycles. The number of hydrogen-bond donors (Lipinski definition) is 0. The number of rotatable bonds is 45. The van der Waals surface area contributed by atoms with Crippen LogP contribution in [0.5, 0.6) is 0 Å². The highest BCUT2D eigenvalue weighted by Crippen LogP contribution is 2.37. The number of carbonyl (C=O) groups excluding carboxylic acids is 2. The molecule has 0 radical (unpaired) electrons. The number of esters is 2. The lowest BCUT2D eigenvalue weighted by molar-refractivity contribution is -0.180. The molecular formula is C56H106O6. The molecule has 0 aromatic carbocycles. The smallest absolute Gasteiger partial charge is 0.306 e. The van der Waals surface area contributed by atoms with E-state index in [1.807, 2.05) is 0 Å². The van der Waals surface area contributed by atoms with Crippen LogP contribution in [0.2, 0.25) is 0 Å². The highest BCUT2D eigenvalue weighted by molar-refractivity contribution is 5.70. The van der Waals surface area contributed by atoms with Crippen LogP contribution in [0.3, 0.4) is 0 Å². The van der Waals surface area contributed by atoms with Crippen LogP contribution in [0.4, 0.5) is 0 Å². The van der Waals surface area contributed by atoms with Crippen molar-refractivity contribution in [2.45, 2.75) is 309 Å². The third-order valence-corrected chi connectivity index (χ3v) is 14.5. The van der Waals surface area contributed by atoms with E-state index in [1.54, 1.807) is 0 Å². The third kappa shape index (κ3) is 30.9. The minimum absolute atomic E-state index is 0.0280. The Morgan fingerprint density at radius 3 is 1.29 bits per heavy atom. The third-order valence-electron chi connectivity index (χ3n) is 14.5. The number of ether oxygens (including phenoxy) is 4. The molecule has 1 atom stereocenters. The summed E-state index contributed by atoms with van der Waals surface area (Å²) in [6, 6.07) is 0. The van der Waals surface area contributed by atoms with E-state index in [2.05, 4.69) is 27.7 Å². The van der Waals surface area contributed by atoms with Crippen molar-refractivity contribution in [1.29, 1.82) is 0 Å². The predicted molar refractivity (Wildman–Crippen MR) is 263 cm³/mol. The first-order valence-electron chi connectivity index (χ1n) is 28.1. The lowest BCUT2D eigenvalue weighted by atomic mass is 9.92. The Morgan fingerprint density at radius 1 is 0.484 bits per heavy atom. The van der Waals surface area contributed by atoms with Gasteiger partial charge in [-0.05, 0) is 75.5 Å². The van der Waals surface area contributed by atoms with Crippen molar-refractivity contribution in [3.63, 3.8) is 0 Å². The Balaban J connectivity index is 1.61. The summed E-state index contributed by atoms with van der Waals surface area (Å²) in [5.41, 5.74) is 0. The van der Waals surface area contributed by atoms with Gasteiger partial charge in [-0.3, -0.25) is 9.59 Å². The molecule has 0 N–H and O–H groups in total. The molecule has 1 aliphatic carbocycles. The Labute approximate surface area is 386 Å². The minimum Gasteiger partial charge on any atom is -0.466 e. The van der Waals surface area contributed by atoms with Crippen LogP contribution < -0.4 is 0 Å². The van der Waals surface area contributed by atoms with Crippen molar-refractivity contribution in [3.8, 4) is 0 Å². The van der Waals surface area contributed by atoms with Gasteiger partial charge in [0.1, 0.15) is 0 Å². The summed E-state index contributed by atoms with van der Waals surface area (Å²) in [5.74, 6) is 1.68. The topological polar surface area (TPSA) is 71.1 Å². The molecule has 6 nitrogen and oxygen atoms in total. The molecule has 2 aliphatic rings. The minimum atomic E-state index is -0.375. The molecule has 62 heavy (non-hydrogen) atoms. The standard InChI is InChI=1S/C56H106O6/c1-5-9-23-38-51(39-24-10-6-2)47-54(57)59-45-33-21-17-13-15-19-31-43-56(61-49-53(62-56)42-30-29-37-50-35-27-28-36-50)44-32-20-16-14-18-22-34-46-60-55(58)48-52(40-25-11-7-3)41-26-12-8-4/h50-53H,5-49H2,1-4H3. The van der Waals surface area contributed by atoms with E-state index < -0.39 is 0 Å². The van der Waals surface area contributed by atoms with Gasteiger partial charge in [0.25, 0.3) is 0 Å². The van der Waals surface area contributed by atoms with Gasteiger partial charge in [0, 0.05) is 25.7 Å². The average molecular weight is 875 g/mol. The highest BCUT2D eigenvalue weighted by atomic mass is 16.7. The Bertz CT molecular complexity index is 930. The van der Waals surface area contributed by atoms with Crippen molar-refractivity contribution < 1.29 is 28.5 Å². The normalized spacial score (nSPS) is 16.6. The molecule has 6 heteroatoms. The van der Waals surface area contributed by atoms with Gasteiger partial charge in [0.2, 0.25) is 0 Å². The second-order valence-corrected chi connectivity index (χ2v) is 20.4. The average Bonchev–Trinajstić information content (AvgIpc) is 3.94. The number of carbonyl (C=O) groups is 2. The second kappa shape index (κ2) is 40.2. The quantitative estimate of drug-likeness (QED) is 0.0448. The van der Waals surface area contributed by atoms with Crippen molar-refractivity contribution in [1.82, 2.24) is 0 Å². The zero-order valence-corrected chi connectivity index (χ0v) is 42.1. The molecule has 1 aliphatic heterocycles. The van der Waals surface area contributed by atoms with Crippen LogP contribution in [0.1, 0.15) is 297 Å². The summed E-state index contributed by atoms with van der Waals surface area (Å²) >= 11 is 0. The van der Waals surface area contributed by atoms with E-state index >= 15 is 0 Å². The van der Waals surface area contributed by atoms with E-state index in [0.717, 1.165) is 57.5 Å². The lowest BCUT2D eigenvalue weighted by Gasteiger charge is -2.28. The Hall–Kier alpha value is -1.14. The summed E-state index contributed by atoms with van der Waals surface area (Å²) in [6.07, 6.45) is 50.8. The van der Waals surface area contributed by atoms with Crippen LogP contribution in [0.25, 0.3) is 0 Å². The lowest BCUT2D eigenvalue weighted by Crippen LogP contribution is -2.31. The molecule has 366 valence electrons. The molecule has 0 spiro atoms. The monoisotopic (exact) mass is 875 g/mol. The maximum Gasteiger partial charge on any atom is 0.306 e. The summed E-state index contributed by atoms with van der Waals surface area (Å²) in [7, 11) is 0. The van der Waals surface area contributed by atoms with E-state index in [4.69, 9.17) is 18.9 Å². The summed E-state index contributed by atoms with van der Waals surface area (Å²) in [5, 5.41) is 0. The maximum absolute atomic E-state index is 12.6. The first-order chi connectivity index (χ1) is 30.4. The van der Waals surface area contributed by atoms with Crippen LogP contribution in [0, 0.1) is 17.8 Å². The largest absolute Gasteiger partial charge is 0.466 e. The Morgan fingerprint density at radius 2 is 0.871 bits per heavy atom. The van der Waals surface area contributed by atoms with Crippen LogP contribution in [0.15, 0.2) is 0 Å². The van der Waals surface area contributed by atoms with Gasteiger partial charge in [0.05, 0.1) is 25.9 Å². The molecule has 2 rings (SSSR count). The van der Waals surface area contributed by atoms with Crippen LogP contribution in [-0.4, -0.2) is 43.7 Å². The van der Waals surface area contributed by atoms with E-state index in [-0.39, 0.29) is 23.8 Å². The van der Waals surface area contributed by atoms with Gasteiger partial charge in [-0.15, -0.1) is 0 Å². The van der Waals surface area contributed by atoms with Gasteiger partial charge < -0.3 is 18.9 Å². The first kappa shape index (κ1) is 57.0. The predicted octanol–water partition coefficient (Wildman–Crippen LogP) is 17.5. The summed E-state index contributed by atoms with van der Waals surface area (Å²) in [4.78, 5) is 25.2. The number of hydrogen-bond acceptors (Lipinski definition) is 6. The van der Waals surface area contributed by atoms with Gasteiger partial charge in [0.15, 0.2) is 5.79 Å². The van der Waals surface area contributed by atoms with Crippen molar-refractivity contribution >= 4 is 11.9 Å². The van der Waals surface area contributed by atoms with E-state index in [9.17, 15) is 9.59 Å². The molecule has 1 unspecified atom stereocenters. The molecule has 1 heterocycles. The highest BCUT2D eigenvalue weighted by Gasteiger charge is 2.40.